The molecule has 2 atom stereocenters. The van der Waals surface area contributed by atoms with Gasteiger partial charge in [-0.05, 0) is 75.5 Å². The maximum Gasteiger partial charge on any atom is 0.325 e. The Morgan fingerprint density at radius 2 is 2.00 bits per heavy atom. The summed E-state index contributed by atoms with van der Waals surface area (Å²) in [5.41, 5.74) is 0.671. The number of imide groups is 1. The normalized spacial score (nSPS) is 22.3. The van der Waals surface area contributed by atoms with Gasteiger partial charge in [0.15, 0.2) is 0 Å². The zero-order valence-corrected chi connectivity index (χ0v) is 19.8. The number of aromatic nitrogens is 1. The van der Waals surface area contributed by atoms with E-state index in [1.165, 1.54) is 17.0 Å². The minimum atomic E-state index is -1.09. The van der Waals surface area contributed by atoms with Crippen molar-refractivity contribution in [1.29, 1.82) is 0 Å². The van der Waals surface area contributed by atoms with Gasteiger partial charge in [-0.1, -0.05) is 24.1 Å². The van der Waals surface area contributed by atoms with Crippen LogP contribution < -0.4 is 5.32 Å². The summed E-state index contributed by atoms with van der Waals surface area (Å²) in [6.45, 7) is 5.58. The highest BCUT2D eigenvalue weighted by Crippen LogP contribution is 2.37. The number of carbonyl (C=O) groups excluding carboxylic acids is 2. The largest absolute Gasteiger partial charge is 0.325 e. The topological polar surface area (TPSA) is 65.5 Å². The summed E-state index contributed by atoms with van der Waals surface area (Å²) < 4.78 is 13.9. The molecule has 0 spiro atoms. The molecule has 0 bridgehead atoms. The second kappa shape index (κ2) is 10.4. The predicted octanol–water partition coefficient (Wildman–Crippen LogP) is 3.42. The molecule has 0 aliphatic carbocycles. The van der Waals surface area contributed by atoms with E-state index in [1.807, 2.05) is 30.5 Å². The summed E-state index contributed by atoms with van der Waals surface area (Å²) in [6, 6.07) is 12.1. The average Bonchev–Trinajstić information content (AvgIpc) is 3.08. The van der Waals surface area contributed by atoms with E-state index in [0.29, 0.717) is 11.6 Å². The van der Waals surface area contributed by atoms with Crippen molar-refractivity contribution in [2.45, 2.75) is 51.1 Å². The molecule has 2 aliphatic rings. The maximum absolute atomic E-state index is 13.9. The van der Waals surface area contributed by atoms with Gasteiger partial charge >= 0.3 is 6.03 Å². The number of hydrogen-bond donors (Lipinski definition) is 1. The molecule has 34 heavy (non-hydrogen) atoms. The van der Waals surface area contributed by atoms with Crippen molar-refractivity contribution in [3.05, 3.63) is 65.7 Å². The first-order chi connectivity index (χ1) is 16.4. The third-order valence-electron chi connectivity index (χ3n) is 7.07. The van der Waals surface area contributed by atoms with Crippen molar-refractivity contribution in [2.75, 3.05) is 19.6 Å². The minimum Gasteiger partial charge on any atom is -0.322 e. The van der Waals surface area contributed by atoms with E-state index in [-0.39, 0.29) is 30.6 Å². The first kappa shape index (κ1) is 23.9. The molecule has 3 heterocycles. The first-order valence-electron chi connectivity index (χ1n) is 11.8. The molecule has 4 rings (SSSR count). The molecule has 178 valence electrons. The van der Waals surface area contributed by atoms with Crippen LogP contribution in [0.4, 0.5) is 9.18 Å². The number of rotatable bonds is 7. The second-order valence-electron chi connectivity index (χ2n) is 9.21. The third kappa shape index (κ3) is 4.97. The maximum atomic E-state index is 13.9. The highest BCUT2D eigenvalue weighted by molar-refractivity contribution is 6.07. The van der Waals surface area contributed by atoms with E-state index >= 15 is 0 Å². The van der Waals surface area contributed by atoms with Gasteiger partial charge in [0.25, 0.3) is 5.91 Å². The Bertz CT molecular complexity index is 1090. The molecule has 2 aliphatic heterocycles. The molecule has 0 saturated carbocycles. The number of urea groups is 1. The summed E-state index contributed by atoms with van der Waals surface area (Å²) >= 11 is 0. The number of benzene rings is 1. The standard InChI is InChI=1S/C27H31FN4O2/c1-3-4-14-32-25(33)27(30-26(32)34,19-21-8-7-9-23(28)18-21)22-11-15-31(16-12-22)20(2)17-24-10-5-6-13-29-24/h5-10,13,18,20,22H,11-12,14-17,19H2,1-2H3,(H,30,34)/t20-,27+/m0/s1. The molecule has 0 radical (unpaired) electrons. The van der Waals surface area contributed by atoms with Gasteiger partial charge in [-0.2, -0.15) is 0 Å². The number of nitrogens with one attached hydrogen (secondary N) is 1. The third-order valence-corrected chi connectivity index (χ3v) is 7.07. The molecule has 2 fully saturated rings. The van der Waals surface area contributed by atoms with E-state index in [4.69, 9.17) is 0 Å². The molecule has 1 N–H and O–H groups in total. The summed E-state index contributed by atoms with van der Waals surface area (Å²) in [4.78, 5) is 34.5. The smallest absolute Gasteiger partial charge is 0.322 e. The summed E-state index contributed by atoms with van der Waals surface area (Å²) in [5, 5.41) is 3.02. The van der Waals surface area contributed by atoms with Gasteiger partial charge in [0.2, 0.25) is 0 Å². The van der Waals surface area contributed by atoms with Gasteiger partial charge in [-0.15, -0.1) is 5.92 Å². The van der Waals surface area contributed by atoms with E-state index in [2.05, 4.69) is 34.0 Å². The Morgan fingerprint density at radius 1 is 1.21 bits per heavy atom. The molecule has 0 unspecified atom stereocenters. The highest BCUT2D eigenvalue weighted by Gasteiger charge is 2.55. The molecular weight excluding hydrogens is 431 g/mol. The first-order valence-corrected chi connectivity index (χ1v) is 11.8. The van der Waals surface area contributed by atoms with Crippen molar-refractivity contribution in [3.63, 3.8) is 0 Å². The van der Waals surface area contributed by atoms with Crippen LogP contribution in [0.5, 0.6) is 0 Å². The molecule has 1 aromatic heterocycles. The number of halogens is 1. The van der Waals surface area contributed by atoms with E-state index in [0.717, 1.165) is 38.0 Å². The number of likely N-dealkylation sites (tertiary alicyclic amines) is 1. The quantitative estimate of drug-likeness (QED) is 0.506. The van der Waals surface area contributed by atoms with Crippen LogP contribution in [0.25, 0.3) is 0 Å². The molecule has 2 aromatic rings. The van der Waals surface area contributed by atoms with Gasteiger partial charge < -0.3 is 10.2 Å². The lowest BCUT2D eigenvalue weighted by molar-refractivity contribution is -0.133. The highest BCUT2D eigenvalue weighted by atomic mass is 19.1. The average molecular weight is 463 g/mol. The van der Waals surface area contributed by atoms with Crippen LogP contribution in [0.2, 0.25) is 0 Å². The lowest BCUT2D eigenvalue weighted by Crippen LogP contribution is -2.58. The number of carbonyl (C=O) groups is 2. The molecule has 2 saturated heterocycles. The number of hydrogen-bond acceptors (Lipinski definition) is 4. The van der Waals surface area contributed by atoms with Crippen LogP contribution in [0, 0.1) is 23.6 Å². The number of nitrogens with zero attached hydrogens (tertiary/aromatic N) is 3. The lowest BCUT2D eigenvalue weighted by Gasteiger charge is -2.42. The fraction of sp³-hybridized carbons (Fsp3) is 0.444. The number of amides is 3. The Morgan fingerprint density at radius 3 is 2.68 bits per heavy atom. The van der Waals surface area contributed by atoms with Crippen LogP contribution in [0.3, 0.4) is 0 Å². The fourth-order valence-corrected chi connectivity index (χ4v) is 5.24. The summed E-state index contributed by atoms with van der Waals surface area (Å²) in [6.07, 6.45) is 4.47. The minimum absolute atomic E-state index is 0.0508. The zero-order chi connectivity index (χ0) is 24.1. The van der Waals surface area contributed by atoms with E-state index in [1.54, 1.807) is 13.0 Å². The molecule has 1 aromatic carbocycles. The Labute approximate surface area is 200 Å². The summed E-state index contributed by atoms with van der Waals surface area (Å²) in [7, 11) is 0. The Hall–Kier alpha value is -3.24. The number of pyridine rings is 1. The van der Waals surface area contributed by atoms with Crippen LogP contribution in [-0.4, -0.2) is 57.9 Å². The number of piperidine rings is 1. The van der Waals surface area contributed by atoms with Crippen molar-refractivity contribution in [3.8, 4) is 11.8 Å². The zero-order valence-electron chi connectivity index (χ0n) is 19.8. The Balaban J connectivity index is 1.52. The van der Waals surface area contributed by atoms with Gasteiger partial charge in [-0.25, -0.2) is 9.18 Å². The van der Waals surface area contributed by atoms with E-state index < -0.39 is 11.6 Å². The molecular formula is C27H31FN4O2. The van der Waals surface area contributed by atoms with Crippen molar-refractivity contribution in [2.24, 2.45) is 5.92 Å². The fourth-order valence-electron chi connectivity index (χ4n) is 5.24. The van der Waals surface area contributed by atoms with Crippen molar-refractivity contribution in [1.82, 2.24) is 20.1 Å². The van der Waals surface area contributed by atoms with Crippen LogP contribution in [0.1, 0.15) is 37.9 Å². The molecule has 3 amide bonds. The Kier molecular flexibility index (Phi) is 7.28. The predicted molar refractivity (Wildman–Crippen MR) is 128 cm³/mol. The van der Waals surface area contributed by atoms with Gasteiger partial charge in [0, 0.05) is 30.8 Å². The van der Waals surface area contributed by atoms with Gasteiger partial charge in [-0.3, -0.25) is 14.7 Å². The SMILES string of the molecule is CC#CCN1C(=O)N[C@](Cc2cccc(F)c2)(C2CCN([C@@H](C)Cc3ccccn3)CC2)C1=O. The van der Waals surface area contributed by atoms with Crippen LogP contribution in [0.15, 0.2) is 48.7 Å². The van der Waals surface area contributed by atoms with Gasteiger partial charge in [0.05, 0.1) is 6.54 Å². The van der Waals surface area contributed by atoms with Gasteiger partial charge in [0.1, 0.15) is 11.4 Å². The molecule has 7 heteroatoms. The second-order valence-corrected chi connectivity index (χ2v) is 9.21. The van der Waals surface area contributed by atoms with E-state index in [9.17, 15) is 14.0 Å². The molecule has 6 nitrogen and oxygen atoms in total. The monoisotopic (exact) mass is 462 g/mol. The van der Waals surface area contributed by atoms with Crippen LogP contribution in [-0.2, 0) is 17.6 Å². The summed E-state index contributed by atoms with van der Waals surface area (Å²) in [5.74, 6) is 4.92. The van der Waals surface area contributed by atoms with Crippen molar-refractivity contribution >= 4 is 11.9 Å². The lowest BCUT2D eigenvalue weighted by atomic mass is 9.73. The van der Waals surface area contributed by atoms with Crippen LogP contribution >= 0.6 is 0 Å². The van der Waals surface area contributed by atoms with Crippen molar-refractivity contribution < 1.29 is 14.0 Å².